The summed E-state index contributed by atoms with van der Waals surface area (Å²) in [6.45, 7) is 3.66. The van der Waals surface area contributed by atoms with Gasteiger partial charge in [0.05, 0.1) is 0 Å². The first-order valence-corrected chi connectivity index (χ1v) is 7.82. The summed E-state index contributed by atoms with van der Waals surface area (Å²) in [6.07, 6.45) is 11.7. The van der Waals surface area contributed by atoms with Gasteiger partial charge in [-0.1, -0.05) is 12.8 Å². The minimum absolute atomic E-state index is 0.830. The van der Waals surface area contributed by atoms with Crippen molar-refractivity contribution in [2.24, 2.45) is 23.5 Å². The molecule has 0 aromatic heterocycles. The van der Waals surface area contributed by atoms with Gasteiger partial charge in [-0.3, -0.25) is 4.90 Å². The minimum Gasteiger partial charge on any atom is -0.330 e. The van der Waals surface area contributed by atoms with E-state index in [-0.39, 0.29) is 0 Å². The maximum absolute atomic E-state index is 5.92. The Labute approximate surface area is 106 Å². The van der Waals surface area contributed by atoms with E-state index < -0.39 is 0 Å². The first-order chi connectivity index (χ1) is 8.38. The summed E-state index contributed by atoms with van der Waals surface area (Å²) < 4.78 is 0. The first kappa shape index (κ1) is 12.0. The molecule has 3 fully saturated rings. The quantitative estimate of drug-likeness (QED) is 0.816. The van der Waals surface area contributed by atoms with E-state index in [9.17, 15) is 0 Å². The maximum Gasteiger partial charge on any atom is 0.0124 e. The highest BCUT2D eigenvalue weighted by Crippen LogP contribution is 2.39. The zero-order valence-electron chi connectivity index (χ0n) is 11.1. The molecule has 2 nitrogen and oxygen atoms in total. The van der Waals surface area contributed by atoms with Crippen molar-refractivity contribution in [2.45, 2.75) is 57.4 Å². The molecule has 1 aliphatic heterocycles. The highest BCUT2D eigenvalue weighted by Gasteiger charge is 2.37. The van der Waals surface area contributed by atoms with Crippen LogP contribution in [0.25, 0.3) is 0 Å². The van der Waals surface area contributed by atoms with Crippen molar-refractivity contribution in [1.82, 2.24) is 4.90 Å². The van der Waals surface area contributed by atoms with Crippen molar-refractivity contribution in [3.05, 3.63) is 0 Å². The molecule has 3 rings (SSSR count). The Morgan fingerprint density at radius 1 is 0.882 bits per heavy atom. The van der Waals surface area contributed by atoms with Gasteiger partial charge in [-0.2, -0.15) is 0 Å². The van der Waals surface area contributed by atoms with Crippen molar-refractivity contribution in [3.8, 4) is 0 Å². The topological polar surface area (TPSA) is 29.3 Å². The third-order valence-electron chi connectivity index (χ3n) is 5.70. The molecular weight excluding hydrogens is 208 g/mol. The van der Waals surface area contributed by atoms with Gasteiger partial charge < -0.3 is 5.73 Å². The highest BCUT2D eigenvalue weighted by molar-refractivity contribution is 4.91. The first-order valence-electron chi connectivity index (χ1n) is 7.82. The number of piperidine rings is 1. The monoisotopic (exact) mass is 236 g/mol. The molecular formula is C15H28N2. The van der Waals surface area contributed by atoms with E-state index in [4.69, 9.17) is 5.73 Å². The Kier molecular flexibility index (Phi) is 3.72. The van der Waals surface area contributed by atoms with Crippen molar-refractivity contribution in [1.29, 1.82) is 0 Å². The molecule has 1 saturated heterocycles. The van der Waals surface area contributed by atoms with Crippen molar-refractivity contribution in [3.63, 3.8) is 0 Å². The minimum atomic E-state index is 0.830. The van der Waals surface area contributed by atoms with E-state index in [2.05, 4.69) is 4.90 Å². The standard InChI is InChI=1S/C15H28N2/c16-10-13-5-1-6-14(13)11-17-9-3-7-12-4-2-8-15(12)17/h12-15H,1-11,16H2. The predicted molar refractivity (Wildman–Crippen MR) is 71.8 cm³/mol. The SMILES string of the molecule is NCC1CCCC1CN1CCCC2CCCC21. The van der Waals surface area contributed by atoms with Crippen LogP contribution < -0.4 is 5.73 Å². The fourth-order valence-electron chi connectivity index (χ4n) is 4.75. The predicted octanol–water partition coefficient (Wildman–Crippen LogP) is 2.63. The lowest BCUT2D eigenvalue weighted by molar-refractivity contribution is 0.0870. The number of hydrogen-bond donors (Lipinski definition) is 1. The fraction of sp³-hybridized carbons (Fsp3) is 1.00. The largest absolute Gasteiger partial charge is 0.330 e. The summed E-state index contributed by atoms with van der Waals surface area (Å²) in [7, 11) is 0. The van der Waals surface area contributed by atoms with E-state index in [1.807, 2.05) is 0 Å². The van der Waals surface area contributed by atoms with Gasteiger partial charge in [0, 0.05) is 12.6 Å². The molecule has 2 aliphatic carbocycles. The normalized spacial score (nSPS) is 42.9. The molecule has 0 spiro atoms. The van der Waals surface area contributed by atoms with E-state index >= 15 is 0 Å². The second-order valence-corrected chi connectivity index (χ2v) is 6.58. The number of likely N-dealkylation sites (tertiary alicyclic amines) is 1. The molecule has 17 heavy (non-hydrogen) atoms. The molecule has 0 aromatic rings. The van der Waals surface area contributed by atoms with Gasteiger partial charge in [0.2, 0.25) is 0 Å². The lowest BCUT2D eigenvalue weighted by atomic mass is 9.89. The number of rotatable bonds is 3. The number of fused-ring (bicyclic) bond motifs is 1. The summed E-state index contributed by atoms with van der Waals surface area (Å²) in [6, 6.07) is 0.947. The zero-order chi connectivity index (χ0) is 11.7. The van der Waals surface area contributed by atoms with Crippen LogP contribution in [-0.4, -0.2) is 30.6 Å². The fourth-order valence-corrected chi connectivity index (χ4v) is 4.75. The molecule has 3 aliphatic rings. The average molecular weight is 236 g/mol. The Bertz CT molecular complexity index is 253. The smallest absolute Gasteiger partial charge is 0.0124 e. The zero-order valence-corrected chi connectivity index (χ0v) is 11.1. The summed E-state index contributed by atoms with van der Waals surface area (Å²) in [5, 5.41) is 0. The summed E-state index contributed by atoms with van der Waals surface area (Å²) in [4.78, 5) is 2.85. The van der Waals surface area contributed by atoms with Gasteiger partial charge in [0.1, 0.15) is 0 Å². The Morgan fingerprint density at radius 2 is 1.65 bits per heavy atom. The van der Waals surface area contributed by atoms with Gasteiger partial charge >= 0.3 is 0 Å². The summed E-state index contributed by atoms with van der Waals surface area (Å²) >= 11 is 0. The van der Waals surface area contributed by atoms with E-state index in [1.54, 1.807) is 0 Å². The summed E-state index contributed by atoms with van der Waals surface area (Å²) in [5.41, 5.74) is 5.92. The number of nitrogens with two attached hydrogens (primary N) is 1. The van der Waals surface area contributed by atoms with Crippen LogP contribution >= 0.6 is 0 Å². The highest BCUT2D eigenvalue weighted by atomic mass is 15.2. The van der Waals surface area contributed by atoms with Crippen LogP contribution in [0.4, 0.5) is 0 Å². The van der Waals surface area contributed by atoms with Crippen LogP contribution in [0.2, 0.25) is 0 Å². The Balaban J connectivity index is 1.60. The summed E-state index contributed by atoms with van der Waals surface area (Å²) in [5.74, 6) is 2.79. The third-order valence-corrected chi connectivity index (χ3v) is 5.70. The molecule has 1 heterocycles. The molecule has 0 bridgehead atoms. The molecule has 0 aromatic carbocycles. The van der Waals surface area contributed by atoms with E-state index in [0.29, 0.717) is 0 Å². The van der Waals surface area contributed by atoms with Gasteiger partial charge in [-0.15, -0.1) is 0 Å². The van der Waals surface area contributed by atoms with Gasteiger partial charge in [-0.05, 0) is 69.4 Å². The van der Waals surface area contributed by atoms with E-state index in [1.165, 1.54) is 64.5 Å². The van der Waals surface area contributed by atoms with E-state index in [0.717, 1.165) is 30.3 Å². The van der Waals surface area contributed by atoms with Gasteiger partial charge in [0.25, 0.3) is 0 Å². The van der Waals surface area contributed by atoms with Gasteiger partial charge in [0.15, 0.2) is 0 Å². The number of nitrogens with zero attached hydrogens (tertiary/aromatic N) is 1. The molecule has 2 saturated carbocycles. The van der Waals surface area contributed by atoms with Crippen LogP contribution in [-0.2, 0) is 0 Å². The average Bonchev–Trinajstić information content (AvgIpc) is 2.97. The second kappa shape index (κ2) is 5.27. The van der Waals surface area contributed by atoms with Crippen molar-refractivity contribution < 1.29 is 0 Å². The number of hydrogen-bond acceptors (Lipinski definition) is 2. The lowest BCUT2D eigenvalue weighted by Crippen LogP contribution is -2.45. The third kappa shape index (κ3) is 2.39. The molecule has 2 heteroatoms. The molecule has 0 amide bonds. The maximum atomic E-state index is 5.92. The van der Waals surface area contributed by atoms with Crippen LogP contribution in [0.1, 0.15) is 51.4 Å². The lowest BCUT2D eigenvalue weighted by Gasteiger charge is -2.40. The van der Waals surface area contributed by atoms with Crippen LogP contribution in [0.15, 0.2) is 0 Å². The molecule has 4 unspecified atom stereocenters. The Morgan fingerprint density at radius 3 is 2.53 bits per heavy atom. The second-order valence-electron chi connectivity index (χ2n) is 6.58. The van der Waals surface area contributed by atoms with Crippen LogP contribution in [0, 0.1) is 17.8 Å². The molecule has 98 valence electrons. The van der Waals surface area contributed by atoms with Crippen molar-refractivity contribution in [2.75, 3.05) is 19.6 Å². The van der Waals surface area contributed by atoms with Crippen LogP contribution in [0.5, 0.6) is 0 Å². The van der Waals surface area contributed by atoms with Gasteiger partial charge in [-0.25, -0.2) is 0 Å². The Hall–Kier alpha value is -0.0800. The molecule has 2 N–H and O–H groups in total. The van der Waals surface area contributed by atoms with Crippen LogP contribution in [0.3, 0.4) is 0 Å². The molecule has 4 atom stereocenters. The molecule has 0 radical (unpaired) electrons. The van der Waals surface area contributed by atoms with Crippen molar-refractivity contribution >= 4 is 0 Å².